The van der Waals surface area contributed by atoms with Gasteiger partial charge in [-0.25, -0.2) is 0 Å². The van der Waals surface area contributed by atoms with Gasteiger partial charge >= 0.3 is 5.97 Å². The van der Waals surface area contributed by atoms with Crippen molar-refractivity contribution in [3.63, 3.8) is 0 Å². The van der Waals surface area contributed by atoms with E-state index in [4.69, 9.17) is 9.84 Å². The fraction of sp³-hybridized carbons (Fsp3) is 0.933. The summed E-state index contributed by atoms with van der Waals surface area (Å²) in [5.74, 6) is -0.0855. The molecule has 1 atom stereocenters. The Kier molecular flexibility index (Phi) is 5.81. The Hall–Kier alpha value is -0.650. The molecule has 0 bridgehead atoms. The van der Waals surface area contributed by atoms with E-state index in [2.05, 4.69) is 23.6 Å². The lowest BCUT2D eigenvalue weighted by Crippen LogP contribution is -2.49. The van der Waals surface area contributed by atoms with Gasteiger partial charge in [-0.2, -0.15) is 0 Å². The van der Waals surface area contributed by atoms with Gasteiger partial charge in [-0.1, -0.05) is 13.8 Å². The van der Waals surface area contributed by atoms with E-state index in [0.717, 1.165) is 58.7 Å². The zero-order chi connectivity index (χ0) is 14.5. The van der Waals surface area contributed by atoms with Crippen molar-refractivity contribution in [3.8, 4) is 0 Å². The molecule has 0 spiro atoms. The van der Waals surface area contributed by atoms with Gasteiger partial charge in [0.25, 0.3) is 0 Å². The van der Waals surface area contributed by atoms with Crippen molar-refractivity contribution in [2.45, 2.75) is 32.8 Å². The molecule has 5 nitrogen and oxygen atoms in total. The van der Waals surface area contributed by atoms with E-state index in [9.17, 15) is 4.79 Å². The Labute approximate surface area is 121 Å². The SMILES string of the molecule is CC(C)CN1CCOC(CN2CCC(C(=O)O)CC2)C1. The smallest absolute Gasteiger partial charge is 0.306 e. The number of ether oxygens (including phenoxy) is 1. The van der Waals surface area contributed by atoms with Crippen LogP contribution in [0.5, 0.6) is 0 Å². The van der Waals surface area contributed by atoms with Crippen LogP contribution < -0.4 is 0 Å². The third kappa shape index (κ3) is 4.72. The van der Waals surface area contributed by atoms with E-state index in [1.54, 1.807) is 0 Å². The van der Waals surface area contributed by atoms with E-state index in [-0.39, 0.29) is 12.0 Å². The molecule has 0 aromatic rings. The summed E-state index contributed by atoms with van der Waals surface area (Å²) in [6, 6.07) is 0. The molecule has 0 aromatic heterocycles. The lowest BCUT2D eigenvalue weighted by Gasteiger charge is -2.38. The maximum Gasteiger partial charge on any atom is 0.306 e. The normalized spacial score (nSPS) is 27.1. The highest BCUT2D eigenvalue weighted by Gasteiger charge is 2.28. The van der Waals surface area contributed by atoms with Crippen LogP contribution in [0.2, 0.25) is 0 Å². The second-order valence-electron chi connectivity index (χ2n) is 6.56. The van der Waals surface area contributed by atoms with Crippen LogP contribution in [0.3, 0.4) is 0 Å². The molecular weight excluding hydrogens is 256 g/mol. The van der Waals surface area contributed by atoms with Gasteiger partial charge in [-0.15, -0.1) is 0 Å². The first kappa shape index (κ1) is 15.7. The number of carbonyl (C=O) groups is 1. The van der Waals surface area contributed by atoms with Gasteiger partial charge in [0, 0.05) is 26.2 Å². The van der Waals surface area contributed by atoms with Crippen molar-refractivity contribution in [3.05, 3.63) is 0 Å². The lowest BCUT2D eigenvalue weighted by atomic mass is 9.97. The first-order valence-electron chi connectivity index (χ1n) is 7.83. The molecule has 0 radical (unpaired) electrons. The number of hydrogen-bond acceptors (Lipinski definition) is 4. The number of carboxylic acids is 1. The number of rotatable bonds is 5. The van der Waals surface area contributed by atoms with Crippen LogP contribution >= 0.6 is 0 Å². The van der Waals surface area contributed by atoms with E-state index in [1.807, 2.05) is 0 Å². The Balaban J connectivity index is 1.72. The van der Waals surface area contributed by atoms with Gasteiger partial charge in [0.05, 0.1) is 18.6 Å². The van der Waals surface area contributed by atoms with Crippen LogP contribution in [0.1, 0.15) is 26.7 Å². The summed E-state index contributed by atoms with van der Waals surface area (Å²) < 4.78 is 5.87. The van der Waals surface area contributed by atoms with Crippen LogP contribution in [0.15, 0.2) is 0 Å². The van der Waals surface area contributed by atoms with Crippen LogP contribution in [-0.2, 0) is 9.53 Å². The molecule has 1 N–H and O–H groups in total. The topological polar surface area (TPSA) is 53.0 Å². The summed E-state index contributed by atoms with van der Waals surface area (Å²) in [6.07, 6.45) is 1.83. The molecule has 2 fully saturated rings. The third-order valence-corrected chi connectivity index (χ3v) is 4.24. The zero-order valence-corrected chi connectivity index (χ0v) is 12.8. The molecule has 0 saturated carbocycles. The number of piperidine rings is 1. The molecular formula is C15H28N2O3. The van der Waals surface area contributed by atoms with Crippen LogP contribution in [-0.4, -0.2) is 72.9 Å². The lowest BCUT2D eigenvalue weighted by molar-refractivity contribution is -0.143. The minimum atomic E-state index is -0.637. The number of likely N-dealkylation sites (tertiary alicyclic amines) is 1. The summed E-state index contributed by atoms with van der Waals surface area (Å²) in [5, 5.41) is 9.01. The molecule has 116 valence electrons. The van der Waals surface area contributed by atoms with E-state index < -0.39 is 5.97 Å². The maximum atomic E-state index is 10.9. The number of morpholine rings is 1. The molecule has 2 rings (SSSR count). The summed E-state index contributed by atoms with van der Waals surface area (Å²) in [7, 11) is 0. The Morgan fingerprint density at radius 3 is 2.55 bits per heavy atom. The average Bonchev–Trinajstić information content (AvgIpc) is 2.39. The van der Waals surface area contributed by atoms with Crippen molar-refractivity contribution in [1.29, 1.82) is 0 Å². The molecule has 5 heteroatoms. The van der Waals surface area contributed by atoms with Crippen molar-refractivity contribution < 1.29 is 14.6 Å². The summed E-state index contributed by atoms with van der Waals surface area (Å²) in [5.41, 5.74) is 0. The predicted molar refractivity (Wildman–Crippen MR) is 77.8 cm³/mol. The number of nitrogens with zero attached hydrogens (tertiary/aromatic N) is 2. The maximum absolute atomic E-state index is 10.9. The average molecular weight is 284 g/mol. The highest BCUT2D eigenvalue weighted by molar-refractivity contribution is 5.70. The van der Waals surface area contributed by atoms with Gasteiger partial charge in [-0.3, -0.25) is 9.69 Å². The summed E-state index contributed by atoms with van der Waals surface area (Å²) >= 11 is 0. The molecule has 1 unspecified atom stereocenters. The predicted octanol–water partition coefficient (Wildman–Crippen LogP) is 1.14. The van der Waals surface area contributed by atoms with Gasteiger partial charge in [0.15, 0.2) is 0 Å². The molecule has 2 saturated heterocycles. The van der Waals surface area contributed by atoms with E-state index >= 15 is 0 Å². The monoisotopic (exact) mass is 284 g/mol. The third-order valence-electron chi connectivity index (χ3n) is 4.24. The highest BCUT2D eigenvalue weighted by Crippen LogP contribution is 2.18. The molecule has 0 aromatic carbocycles. The minimum absolute atomic E-state index is 0.143. The van der Waals surface area contributed by atoms with E-state index in [1.165, 1.54) is 0 Å². The fourth-order valence-electron chi connectivity index (χ4n) is 3.22. The molecule has 0 aliphatic carbocycles. The Bertz CT molecular complexity index is 314. The molecule has 20 heavy (non-hydrogen) atoms. The number of carboxylic acid groups (broad SMARTS) is 1. The summed E-state index contributed by atoms with van der Waals surface area (Å²) in [4.78, 5) is 15.8. The van der Waals surface area contributed by atoms with Crippen LogP contribution in [0, 0.1) is 11.8 Å². The summed E-state index contributed by atoms with van der Waals surface area (Å²) in [6.45, 7) is 11.2. The second-order valence-corrected chi connectivity index (χ2v) is 6.56. The number of aliphatic carboxylic acids is 1. The van der Waals surface area contributed by atoms with Crippen LogP contribution in [0.25, 0.3) is 0 Å². The first-order chi connectivity index (χ1) is 9.54. The molecule has 0 amide bonds. The Morgan fingerprint density at radius 2 is 1.95 bits per heavy atom. The van der Waals surface area contributed by atoms with Crippen molar-refractivity contribution >= 4 is 5.97 Å². The molecule has 2 aliphatic heterocycles. The van der Waals surface area contributed by atoms with Gasteiger partial charge in [-0.05, 0) is 31.8 Å². The quantitative estimate of drug-likeness (QED) is 0.820. The van der Waals surface area contributed by atoms with Crippen LogP contribution in [0.4, 0.5) is 0 Å². The molecule has 2 aliphatic rings. The van der Waals surface area contributed by atoms with Crippen molar-refractivity contribution in [2.75, 3.05) is 45.9 Å². The minimum Gasteiger partial charge on any atom is -0.481 e. The van der Waals surface area contributed by atoms with Gasteiger partial charge in [0.2, 0.25) is 0 Å². The van der Waals surface area contributed by atoms with Gasteiger partial charge in [0.1, 0.15) is 0 Å². The second kappa shape index (κ2) is 7.38. The largest absolute Gasteiger partial charge is 0.481 e. The highest BCUT2D eigenvalue weighted by atomic mass is 16.5. The van der Waals surface area contributed by atoms with Crippen molar-refractivity contribution in [1.82, 2.24) is 9.80 Å². The fourth-order valence-corrected chi connectivity index (χ4v) is 3.22. The standard InChI is InChI=1S/C15H28N2O3/c1-12(2)9-17-7-8-20-14(11-17)10-16-5-3-13(4-6-16)15(18)19/h12-14H,3-11H2,1-2H3,(H,18,19). The number of hydrogen-bond donors (Lipinski definition) is 1. The zero-order valence-electron chi connectivity index (χ0n) is 12.8. The van der Waals surface area contributed by atoms with Gasteiger partial charge < -0.3 is 14.7 Å². The van der Waals surface area contributed by atoms with E-state index in [0.29, 0.717) is 5.92 Å². The van der Waals surface area contributed by atoms with Crippen molar-refractivity contribution in [2.24, 2.45) is 11.8 Å². The first-order valence-corrected chi connectivity index (χ1v) is 7.83. The molecule has 2 heterocycles. The Morgan fingerprint density at radius 1 is 1.25 bits per heavy atom.